The van der Waals surface area contributed by atoms with Crippen molar-refractivity contribution in [1.29, 1.82) is 0 Å². The van der Waals surface area contributed by atoms with Crippen LogP contribution in [0.25, 0.3) is 0 Å². The molecule has 0 fully saturated rings. The van der Waals surface area contributed by atoms with Crippen LogP contribution in [0.1, 0.15) is 27.2 Å². The SMILES string of the molecule is CCCN1N=CN(CC(C)C)C1C(F)(F)C(F)(F)F. The monoisotopic (exact) mass is 287 g/mol. The van der Waals surface area contributed by atoms with E-state index in [1.54, 1.807) is 20.8 Å². The van der Waals surface area contributed by atoms with E-state index in [-0.39, 0.29) is 19.0 Å². The van der Waals surface area contributed by atoms with Gasteiger partial charge in [0.05, 0.1) is 0 Å². The Morgan fingerprint density at radius 2 is 1.79 bits per heavy atom. The summed E-state index contributed by atoms with van der Waals surface area (Å²) in [5.41, 5.74) is 0. The van der Waals surface area contributed by atoms with E-state index in [2.05, 4.69) is 5.10 Å². The second kappa shape index (κ2) is 5.50. The van der Waals surface area contributed by atoms with E-state index >= 15 is 0 Å². The Balaban J connectivity index is 3.00. The van der Waals surface area contributed by atoms with Gasteiger partial charge in [-0.3, -0.25) is 5.01 Å². The van der Waals surface area contributed by atoms with Crippen molar-refractivity contribution in [3.05, 3.63) is 0 Å². The molecular weight excluding hydrogens is 269 g/mol. The van der Waals surface area contributed by atoms with Gasteiger partial charge >= 0.3 is 12.1 Å². The van der Waals surface area contributed by atoms with Crippen molar-refractivity contribution < 1.29 is 22.0 Å². The van der Waals surface area contributed by atoms with Gasteiger partial charge in [-0.1, -0.05) is 20.8 Å². The summed E-state index contributed by atoms with van der Waals surface area (Å²) in [5, 5.41) is 4.49. The third-order valence-corrected chi connectivity index (χ3v) is 2.68. The van der Waals surface area contributed by atoms with Crippen LogP contribution in [0.15, 0.2) is 5.10 Å². The Labute approximate surface area is 109 Å². The molecule has 1 rings (SSSR count). The first-order chi connectivity index (χ1) is 8.61. The van der Waals surface area contributed by atoms with Crippen molar-refractivity contribution in [3.8, 4) is 0 Å². The lowest BCUT2D eigenvalue weighted by atomic mass is 10.1. The molecule has 1 aliphatic heterocycles. The number of hydrogen-bond donors (Lipinski definition) is 0. The van der Waals surface area contributed by atoms with E-state index in [1.165, 1.54) is 0 Å². The summed E-state index contributed by atoms with van der Waals surface area (Å²) in [7, 11) is 0. The number of nitrogens with zero attached hydrogens (tertiary/aromatic N) is 3. The molecular formula is C11H18F5N3. The van der Waals surface area contributed by atoms with Crippen LogP contribution in [0, 0.1) is 5.92 Å². The van der Waals surface area contributed by atoms with Gasteiger partial charge in [0.2, 0.25) is 0 Å². The van der Waals surface area contributed by atoms with Crippen molar-refractivity contribution in [1.82, 2.24) is 9.91 Å². The van der Waals surface area contributed by atoms with Gasteiger partial charge in [0.25, 0.3) is 0 Å². The minimum Gasteiger partial charge on any atom is -0.334 e. The van der Waals surface area contributed by atoms with Crippen LogP contribution in [0.4, 0.5) is 22.0 Å². The summed E-state index contributed by atoms with van der Waals surface area (Å²) in [6.45, 7) is 5.35. The molecule has 0 aromatic carbocycles. The third-order valence-electron chi connectivity index (χ3n) is 2.68. The molecule has 1 unspecified atom stereocenters. The zero-order valence-electron chi connectivity index (χ0n) is 11.1. The van der Waals surface area contributed by atoms with E-state index in [1.807, 2.05) is 0 Å². The van der Waals surface area contributed by atoms with E-state index in [0.717, 1.165) is 16.2 Å². The van der Waals surface area contributed by atoms with Gasteiger partial charge in [0, 0.05) is 13.1 Å². The van der Waals surface area contributed by atoms with Crippen LogP contribution in [0.3, 0.4) is 0 Å². The summed E-state index contributed by atoms with van der Waals surface area (Å²) >= 11 is 0. The highest BCUT2D eigenvalue weighted by Crippen LogP contribution is 2.42. The quantitative estimate of drug-likeness (QED) is 0.723. The Hall–Kier alpha value is -1.08. The van der Waals surface area contributed by atoms with Gasteiger partial charge in [-0.25, -0.2) is 0 Å². The highest BCUT2D eigenvalue weighted by atomic mass is 19.4. The Morgan fingerprint density at radius 3 is 2.21 bits per heavy atom. The average molecular weight is 287 g/mol. The number of alkyl halides is 5. The largest absolute Gasteiger partial charge is 0.457 e. The van der Waals surface area contributed by atoms with Crippen LogP contribution in [-0.4, -0.2) is 47.6 Å². The van der Waals surface area contributed by atoms with Crippen molar-refractivity contribution in [2.75, 3.05) is 13.1 Å². The molecule has 0 aromatic heterocycles. The number of hydrazone groups is 1. The van der Waals surface area contributed by atoms with Gasteiger partial charge in [-0.05, 0) is 12.3 Å². The van der Waals surface area contributed by atoms with Crippen LogP contribution >= 0.6 is 0 Å². The molecule has 1 heterocycles. The Bertz CT molecular complexity index is 327. The lowest BCUT2D eigenvalue weighted by Gasteiger charge is -2.37. The Morgan fingerprint density at radius 1 is 1.21 bits per heavy atom. The van der Waals surface area contributed by atoms with Gasteiger partial charge in [-0.15, -0.1) is 0 Å². The summed E-state index contributed by atoms with van der Waals surface area (Å²) in [6, 6.07) is 0. The zero-order chi connectivity index (χ0) is 14.8. The fourth-order valence-electron chi connectivity index (χ4n) is 1.95. The Kier molecular flexibility index (Phi) is 4.63. The molecule has 8 heteroatoms. The van der Waals surface area contributed by atoms with Crippen molar-refractivity contribution in [2.24, 2.45) is 11.0 Å². The molecule has 0 spiro atoms. The molecule has 0 amide bonds. The maximum absolute atomic E-state index is 13.6. The molecule has 0 bridgehead atoms. The number of hydrogen-bond acceptors (Lipinski definition) is 3. The fraction of sp³-hybridized carbons (Fsp3) is 0.909. The highest BCUT2D eigenvalue weighted by Gasteiger charge is 2.66. The minimum absolute atomic E-state index is 0.0421. The van der Waals surface area contributed by atoms with E-state index < -0.39 is 18.3 Å². The van der Waals surface area contributed by atoms with Crippen molar-refractivity contribution in [2.45, 2.75) is 45.5 Å². The van der Waals surface area contributed by atoms with Gasteiger partial charge < -0.3 is 4.90 Å². The molecule has 0 aliphatic carbocycles. The second-order valence-corrected chi connectivity index (χ2v) is 4.98. The van der Waals surface area contributed by atoms with E-state index in [4.69, 9.17) is 0 Å². The maximum atomic E-state index is 13.6. The summed E-state index contributed by atoms with van der Waals surface area (Å²) < 4.78 is 64.9. The van der Waals surface area contributed by atoms with E-state index in [0.29, 0.717) is 6.42 Å². The van der Waals surface area contributed by atoms with Crippen LogP contribution in [0.5, 0.6) is 0 Å². The molecule has 1 atom stereocenters. The topological polar surface area (TPSA) is 18.8 Å². The van der Waals surface area contributed by atoms with Gasteiger partial charge in [0.1, 0.15) is 6.34 Å². The molecule has 0 N–H and O–H groups in total. The molecule has 0 saturated heterocycles. The highest BCUT2D eigenvalue weighted by molar-refractivity contribution is 5.57. The lowest BCUT2D eigenvalue weighted by Crippen LogP contribution is -2.59. The van der Waals surface area contributed by atoms with Crippen molar-refractivity contribution >= 4 is 6.34 Å². The van der Waals surface area contributed by atoms with Crippen LogP contribution in [0.2, 0.25) is 0 Å². The summed E-state index contributed by atoms with van der Waals surface area (Å²) in [6.07, 6.45) is -6.17. The average Bonchev–Trinajstić information content (AvgIpc) is 2.59. The summed E-state index contributed by atoms with van der Waals surface area (Å²) in [5.74, 6) is -4.87. The predicted molar refractivity (Wildman–Crippen MR) is 61.8 cm³/mol. The molecule has 3 nitrogen and oxygen atoms in total. The first-order valence-electron chi connectivity index (χ1n) is 6.12. The van der Waals surface area contributed by atoms with Crippen LogP contribution < -0.4 is 0 Å². The maximum Gasteiger partial charge on any atom is 0.457 e. The molecule has 0 radical (unpaired) electrons. The lowest BCUT2D eigenvalue weighted by molar-refractivity contribution is -0.314. The normalized spacial score (nSPS) is 20.8. The fourth-order valence-corrected chi connectivity index (χ4v) is 1.95. The zero-order valence-corrected chi connectivity index (χ0v) is 11.1. The second-order valence-electron chi connectivity index (χ2n) is 4.98. The summed E-state index contributed by atoms with van der Waals surface area (Å²) in [4.78, 5) is 0.966. The van der Waals surface area contributed by atoms with Crippen molar-refractivity contribution in [3.63, 3.8) is 0 Å². The molecule has 112 valence electrons. The number of halogens is 5. The molecule has 0 aromatic rings. The van der Waals surface area contributed by atoms with E-state index in [9.17, 15) is 22.0 Å². The molecule has 0 saturated carbocycles. The first kappa shape index (κ1) is 16.0. The third kappa shape index (κ3) is 3.27. The van der Waals surface area contributed by atoms with Gasteiger partial charge in [0.15, 0.2) is 6.17 Å². The molecule has 19 heavy (non-hydrogen) atoms. The standard InChI is InChI=1S/C11H18F5N3/c1-4-5-19-9(10(12,13)11(14,15)16)18(7-17-19)6-8(2)3/h7-9H,4-6H2,1-3H3. The smallest absolute Gasteiger partial charge is 0.334 e. The number of rotatable bonds is 5. The van der Waals surface area contributed by atoms with Crippen LogP contribution in [-0.2, 0) is 0 Å². The first-order valence-corrected chi connectivity index (χ1v) is 6.12. The molecule has 1 aliphatic rings. The minimum atomic E-state index is -5.59. The predicted octanol–water partition coefficient (Wildman–Crippen LogP) is 3.14. The van der Waals surface area contributed by atoms with Gasteiger partial charge in [-0.2, -0.15) is 27.1 Å².